The van der Waals surface area contributed by atoms with Gasteiger partial charge in [0.2, 0.25) is 0 Å². The van der Waals surface area contributed by atoms with Gasteiger partial charge in [-0.05, 0) is 38.5 Å². The Morgan fingerprint density at radius 3 is 1.23 bits per heavy atom. The number of ether oxygens (including phenoxy) is 3. The summed E-state index contributed by atoms with van der Waals surface area (Å²) in [6.45, 7) is 11.1. The summed E-state index contributed by atoms with van der Waals surface area (Å²) in [5.41, 5.74) is 0. The number of hydrogen-bond donors (Lipinski definition) is 0. The summed E-state index contributed by atoms with van der Waals surface area (Å²) >= 11 is 0. The topological polar surface area (TPSA) is 37.6 Å². The van der Waals surface area contributed by atoms with Gasteiger partial charge in [-0.25, -0.2) is 0 Å². The maximum atomic E-state index is 5.28. The van der Waals surface area contributed by atoms with Crippen LogP contribution >= 0.6 is 0 Å². The van der Waals surface area contributed by atoms with E-state index in [1.165, 1.54) is 51.4 Å². The number of fused-ring (bicyclic) bond motifs is 2. The summed E-state index contributed by atoms with van der Waals surface area (Å²) in [4.78, 5) is 0. The first-order valence-electron chi connectivity index (χ1n) is 9.79. The van der Waals surface area contributed by atoms with Gasteiger partial charge in [0.25, 0.3) is 0 Å². The molecule has 5 atom stereocenters. The Bertz CT molecular complexity index is 247. The fourth-order valence-corrected chi connectivity index (χ4v) is 2.89. The lowest BCUT2D eigenvalue weighted by atomic mass is 10.0. The maximum absolute atomic E-state index is 5.28. The van der Waals surface area contributed by atoms with Crippen LogP contribution in [-0.4, -0.2) is 37.1 Å². The van der Waals surface area contributed by atoms with E-state index in [2.05, 4.69) is 6.92 Å². The van der Waals surface area contributed by atoms with E-state index in [1.807, 2.05) is 27.7 Å². The van der Waals surface area contributed by atoms with Gasteiger partial charge in [-0.3, -0.25) is 0 Å². The third-order valence-electron chi connectivity index (χ3n) is 4.44. The van der Waals surface area contributed by atoms with Gasteiger partial charge < -0.3 is 14.2 Å². The highest BCUT2D eigenvalue weighted by Gasteiger charge is 2.42. The predicted octanol–water partition coefficient (Wildman–Crippen LogP) is 5.11. The normalized spacial score (nSPS) is 37.8. The minimum Gasteiger partial charge on any atom is -0.373 e. The van der Waals surface area contributed by atoms with E-state index in [0.29, 0.717) is 30.5 Å². The number of hydrogen-bond acceptors (Lipinski definition) is 3. The zero-order chi connectivity index (χ0) is 16.4. The van der Waals surface area contributed by atoms with Crippen LogP contribution in [0.25, 0.3) is 0 Å². The molecule has 3 heterocycles. The molecule has 5 fully saturated rings. The van der Waals surface area contributed by atoms with E-state index < -0.39 is 0 Å². The quantitative estimate of drug-likeness (QED) is 0.631. The Morgan fingerprint density at radius 2 is 1.05 bits per heavy atom. The van der Waals surface area contributed by atoms with E-state index in [4.69, 9.17) is 14.2 Å². The largest absolute Gasteiger partial charge is 0.373 e. The smallest absolute Gasteiger partial charge is 0.0841 e. The molecule has 5 rings (SSSR count). The molecule has 5 aliphatic rings. The van der Waals surface area contributed by atoms with Gasteiger partial charge in [0.1, 0.15) is 0 Å². The van der Waals surface area contributed by atoms with Gasteiger partial charge in [-0.2, -0.15) is 0 Å². The Morgan fingerprint density at radius 1 is 0.682 bits per heavy atom. The Kier molecular flexibility index (Phi) is 10.3. The Balaban J connectivity index is 0.000000150. The van der Waals surface area contributed by atoms with E-state index in [9.17, 15) is 0 Å². The fourth-order valence-electron chi connectivity index (χ4n) is 2.89. The molecular formula is C19H38O3. The second kappa shape index (κ2) is 11.4. The van der Waals surface area contributed by atoms with Crippen LogP contribution in [-0.2, 0) is 14.2 Å². The zero-order valence-electron chi connectivity index (χ0n) is 15.5. The van der Waals surface area contributed by atoms with Gasteiger partial charge in [-0.1, -0.05) is 47.5 Å². The average Bonchev–Trinajstić information content (AvgIpc) is 3.51. The standard InChI is InChI=1S/C6H10O.C5H8O.C4H8O.2C2H6/c1-2-4-6-5(3-1)7-6;1-2-4-5(3-1)6-4;1-2-4-3-5-4;2*1-2/h5-6H,1-4H2;4-5H,1-3H2;4H,2-3H2,1H3;2*1-2H3. The lowest BCUT2D eigenvalue weighted by Gasteiger charge is -2.00. The van der Waals surface area contributed by atoms with Gasteiger partial charge >= 0.3 is 0 Å². The molecule has 132 valence electrons. The first-order valence-corrected chi connectivity index (χ1v) is 9.79. The third kappa shape index (κ3) is 7.94. The van der Waals surface area contributed by atoms with Gasteiger partial charge in [-0.15, -0.1) is 0 Å². The lowest BCUT2D eigenvalue weighted by molar-refractivity contribution is 0.322. The minimum atomic E-state index is 0.634. The molecule has 0 amide bonds. The van der Waals surface area contributed by atoms with Gasteiger partial charge in [0.05, 0.1) is 37.1 Å². The van der Waals surface area contributed by atoms with E-state index in [-0.39, 0.29) is 0 Å². The van der Waals surface area contributed by atoms with Crippen molar-refractivity contribution >= 4 is 0 Å². The molecule has 2 aliphatic carbocycles. The summed E-state index contributed by atoms with van der Waals surface area (Å²) in [5, 5.41) is 0. The Labute approximate surface area is 138 Å². The van der Waals surface area contributed by atoms with Crippen molar-refractivity contribution in [3.8, 4) is 0 Å². The Hall–Kier alpha value is -0.120. The molecule has 0 radical (unpaired) electrons. The van der Waals surface area contributed by atoms with Crippen LogP contribution in [0.4, 0.5) is 0 Å². The van der Waals surface area contributed by atoms with Crippen molar-refractivity contribution in [2.45, 2.75) is 117 Å². The molecule has 0 aromatic carbocycles. The van der Waals surface area contributed by atoms with E-state index in [1.54, 1.807) is 0 Å². The molecule has 2 saturated carbocycles. The van der Waals surface area contributed by atoms with E-state index in [0.717, 1.165) is 6.61 Å². The molecule has 22 heavy (non-hydrogen) atoms. The second-order valence-corrected chi connectivity index (χ2v) is 6.00. The zero-order valence-corrected chi connectivity index (χ0v) is 15.5. The van der Waals surface area contributed by atoms with Crippen molar-refractivity contribution in [2.75, 3.05) is 6.61 Å². The number of epoxide rings is 3. The van der Waals surface area contributed by atoms with Crippen LogP contribution in [0.15, 0.2) is 0 Å². The highest BCUT2D eigenvalue weighted by Crippen LogP contribution is 2.37. The fraction of sp³-hybridized carbons (Fsp3) is 1.00. The van der Waals surface area contributed by atoms with E-state index >= 15 is 0 Å². The molecule has 3 nitrogen and oxygen atoms in total. The van der Waals surface area contributed by atoms with Crippen molar-refractivity contribution in [1.82, 2.24) is 0 Å². The van der Waals surface area contributed by atoms with Crippen molar-refractivity contribution in [3.05, 3.63) is 0 Å². The third-order valence-corrected chi connectivity index (χ3v) is 4.44. The van der Waals surface area contributed by atoms with Gasteiger partial charge in [0.15, 0.2) is 0 Å². The first kappa shape index (κ1) is 19.9. The predicted molar refractivity (Wildman–Crippen MR) is 92.4 cm³/mol. The average molecular weight is 315 g/mol. The monoisotopic (exact) mass is 314 g/mol. The van der Waals surface area contributed by atoms with Crippen molar-refractivity contribution in [3.63, 3.8) is 0 Å². The summed E-state index contributed by atoms with van der Waals surface area (Å²) in [6, 6.07) is 0. The minimum absolute atomic E-state index is 0.634. The molecule has 0 N–H and O–H groups in total. The summed E-state index contributed by atoms with van der Waals surface area (Å²) in [6.07, 6.45) is 14.2. The molecule has 5 unspecified atom stereocenters. The lowest BCUT2D eigenvalue weighted by Crippen LogP contribution is -2.00. The van der Waals surface area contributed by atoms with Crippen LogP contribution in [0.2, 0.25) is 0 Å². The molecule has 0 aromatic rings. The molecule has 0 spiro atoms. The summed E-state index contributed by atoms with van der Waals surface area (Å²) in [7, 11) is 0. The van der Waals surface area contributed by atoms with Crippen LogP contribution < -0.4 is 0 Å². The molecule has 3 aliphatic heterocycles. The van der Waals surface area contributed by atoms with Crippen molar-refractivity contribution < 1.29 is 14.2 Å². The summed E-state index contributed by atoms with van der Waals surface area (Å²) < 4.78 is 15.3. The highest BCUT2D eigenvalue weighted by molar-refractivity contribution is 4.90. The van der Waals surface area contributed by atoms with Crippen molar-refractivity contribution in [2.24, 2.45) is 0 Å². The maximum Gasteiger partial charge on any atom is 0.0841 e. The second-order valence-electron chi connectivity index (χ2n) is 6.00. The SMILES string of the molecule is C1CC2OC2C1.C1CCC2OC2C1.CC.CC.CCC1CO1. The van der Waals surface area contributed by atoms with Gasteiger partial charge in [0, 0.05) is 0 Å². The van der Waals surface area contributed by atoms with Crippen LogP contribution in [0.1, 0.15) is 86.0 Å². The highest BCUT2D eigenvalue weighted by atomic mass is 16.6. The molecule has 3 saturated heterocycles. The van der Waals surface area contributed by atoms with Crippen molar-refractivity contribution in [1.29, 1.82) is 0 Å². The molecule has 0 aromatic heterocycles. The molecule has 0 bridgehead atoms. The molecule has 3 heteroatoms. The number of rotatable bonds is 1. The van der Waals surface area contributed by atoms with Crippen LogP contribution in [0.5, 0.6) is 0 Å². The summed E-state index contributed by atoms with van der Waals surface area (Å²) in [5.74, 6) is 0. The first-order chi connectivity index (χ1) is 10.9. The molecular weight excluding hydrogens is 276 g/mol. The van der Waals surface area contributed by atoms with Crippen LogP contribution in [0, 0.1) is 0 Å². The van der Waals surface area contributed by atoms with Crippen LogP contribution in [0.3, 0.4) is 0 Å².